The van der Waals surface area contributed by atoms with E-state index in [1.807, 2.05) is 0 Å². The van der Waals surface area contributed by atoms with E-state index in [4.69, 9.17) is 0 Å². The van der Waals surface area contributed by atoms with Crippen molar-refractivity contribution in [3.8, 4) is 0 Å². The summed E-state index contributed by atoms with van der Waals surface area (Å²) in [6.07, 6.45) is -1.25. The van der Waals surface area contributed by atoms with Crippen LogP contribution >= 0.6 is 0 Å². The Bertz CT molecular complexity index is 97.8. The minimum atomic E-state index is -2.35. The van der Waals surface area contributed by atoms with Gasteiger partial charge in [-0.2, -0.15) is 0 Å². The maximum atomic E-state index is 11.6. The largest absolute Gasteiger partial charge is 0.374 e. The standard InChI is InChI=1S/C9H19F2NO/c1-8(2)3-4-12-5-6-13-7-9(10)11/h8-9,12H,3-7H2,1-2H3. The smallest absolute Gasteiger partial charge is 0.261 e. The van der Waals surface area contributed by atoms with E-state index in [0.29, 0.717) is 19.1 Å². The van der Waals surface area contributed by atoms with E-state index in [2.05, 4.69) is 23.9 Å². The molecule has 0 saturated carbocycles. The van der Waals surface area contributed by atoms with Crippen molar-refractivity contribution in [2.75, 3.05) is 26.3 Å². The number of ether oxygens (including phenoxy) is 1. The molecule has 80 valence electrons. The maximum Gasteiger partial charge on any atom is 0.261 e. The Hall–Kier alpha value is -0.220. The predicted molar refractivity (Wildman–Crippen MR) is 49.1 cm³/mol. The fourth-order valence-electron chi connectivity index (χ4n) is 0.832. The number of nitrogens with one attached hydrogen (secondary N) is 1. The highest BCUT2D eigenvalue weighted by Crippen LogP contribution is 1.96. The highest BCUT2D eigenvalue weighted by Gasteiger charge is 2.00. The molecule has 0 heterocycles. The van der Waals surface area contributed by atoms with Gasteiger partial charge in [0, 0.05) is 6.54 Å². The second kappa shape index (κ2) is 8.38. The Balaban J connectivity index is 2.92. The number of rotatable bonds is 8. The number of alkyl halides is 2. The number of halogens is 2. The summed E-state index contributed by atoms with van der Waals surface area (Å²) in [4.78, 5) is 0. The molecular weight excluding hydrogens is 176 g/mol. The average Bonchev–Trinajstić information content (AvgIpc) is 2.01. The molecule has 0 aliphatic heterocycles. The van der Waals surface area contributed by atoms with Crippen molar-refractivity contribution in [1.29, 1.82) is 0 Å². The number of hydrogen-bond donors (Lipinski definition) is 1. The van der Waals surface area contributed by atoms with Crippen LogP contribution in [0.25, 0.3) is 0 Å². The van der Waals surface area contributed by atoms with Crippen molar-refractivity contribution in [2.45, 2.75) is 26.7 Å². The van der Waals surface area contributed by atoms with E-state index in [1.54, 1.807) is 0 Å². The Morgan fingerprint density at radius 2 is 1.92 bits per heavy atom. The summed E-state index contributed by atoms with van der Waals surface area (Å²) in [7, 11) is 0. The van der Waals surface area contributed by atoms with Gasteiger partial charge in [-0.1, -0.05) is 13.8 Å². The second-order valence-corrected chi connectivity index (χ2v) is 3.40. The Morgan fingerprint density at radius 1 is 1.23 bits per heavy atom. The van der Waals surface area contributed by atoms with Gasteiger partial charge in [-0.25, -0.2) is 8.78 Å². The summed E-state index contributed by atoms with van der Waals surface area (Å²) in [5.41, 5.74) is 0. The molecule has 0 saturated heterocycles. The van der Waals surface area contributed by atoms with Gasteiger partial charge in [0.25, 0.3) is 6.43 Å². The molecule has 0 atom stereocenters. The quantitative estimate of drug-likeness (QED) is 0.597. The van der Waals surface area contributed by atoms with E-state index >= 15 is 0 Å². The molecule has 0 aromatic carbocycles. The second-order valence-electron chi connectivity index (χ2n) is 3.40. The molecule has 0 aliphatic carbocycles. The molecule has 0 spiro atoms. The minimum Gasteiger partial charge on any atom is -0.374 e. The molecule has 0 rings (SSSR count). The zero-order valence-electron chi connectivity index (χ0n) is 8.35. The summed E-state index contributed by atoms with van der Waals surface area (Å²) in [5, 5.41) is 3.12. The van der Waals surface area contributed by atoms with Crippen molar-refractivity contribution in [3.05, 3.63) is 0 Å². The van der Waals surface area contributed by atoms with E-state index < -0.39 is 13.0 Å². The first kappa shape index (κ1) is 12.8. The van der Waals surface area contributed by atoms with Gasteiger partial charge in [0.1, 0.15) is 6.61 Å². The highest BCUT2D eigenvalue weighted by molar-refractivity contribution is 4.50. The molecule has 13 heavy (non-hydrogen) atoms. The average molecular weight is 195 g/mol. The molecule has 0 aromatic heterocycles. The van der Waals surface area contributed by atoms with Gasteiger partial charge < -0.3 is 10.1 Å². The Labute approximate surface area is 78.7 Å². The van der Waals surface area contributed by atoms with Gasteiger partial charge in [0.2, 0.25) is 0 Å². The summed E-state index contributed by atoms with van der Waals surface area (Å²) in [5.74, 6) is 0.675. The fraction of sp³-hybridized carbons (Fsp3) is 1.00. The summed E-state index contributed by atoms with van der Waals surface area (Å²) < 4.78 is 27.8. The van der Waals surface area contributed by atoms with Crippen LogP contribution in [-0.4, -0.2) is 32.7 Å². The lowest BCUT2D eigenvalue weighted by molar-refractivity contribution is 0.0188. The minimum absolute atomic E-state index is 0.364. The van der Waals surface area contributed by atoms with Crippen molar-refractivity contribution >= 4 is 0 Å². The lowest BCUT2D eigenvalue weighted by atomic mass is 10.1. The third-order valence-corrected chi connectivity index (χ3v) is 1.57. The van der Waals surface area contributed by atoms with Gasteiger partial charge in [0.15, 0.2) is 0 Å². The summed E-state index contributed by atoms with van der Waals surface area (Å²) in [6.45, 7) is 5.79. The van der Waals surface area contributed by atoms with Crippen molar-refractivity contribution in [1.82, 2.24) is 5.32 Å². The van der Waals surface area contributed by atoms with Gasteiger partial charge in [-0.15, -0.1) is 0 Å². The zero-order chi connectivity index (χ0) is 10.1. The Morgan fingerprint density at radius 3 is 2.46 bits per heavy atom. The first-order valence-corrected chi connectivity index (χ1v) is 4.69. The molecular formula is C9H19F2NO. The molecule has 0 fully saturated rings. The van der Waals surface area contributed by atoms with E-state index in [0.717, 1.165) is 13.0 Å². The summed E-state index contributed by atoms with van der Waals surface area (Å²) >= 11 is 0. The van der Waals surface area contributed by atoms with Crippen molar-refractivity contribution in [2.24, 2.45) is 5.92 Å². The van der Waals surface area contributed by atoms with Crippen LogP contribution in [0.4, 0.5) is 8.78 Å². The van der Waals surface area contributed by atoms with Crippen LogP contribution in [0.2, 0.25) is 0 Å². The molecule has 4 heteroatoms. The van der Waals surface area contributed by atoms with Crippen molar-refractivity contribution in [3.63, 3.8) is 0 Å². The monoisotopic (exact) mass is 195 g/mol. The third-order valence-electron chi connectivity index (χ3n) is 1.57. The van der Waals surface area contributed by atoms with Crippen LogP contribution in [0.15, 0.2) is 0 Å². The summed E-state index contributed by atoms with van der Waals surface area (Å²) in [6, 6.07) is 0. The lowest BCUT2D eigenvalue weighted by Gasteiger charge is -2.07. The molecule has 2 nitrogen and oxygen atoms in total. The topological polar surface area (TPSA) is 21.3 Å². The first-order valence-electron chi connectivity index (χ1n) is 4.69. The van der Waals surface area contributed by atoms with Crippen LogP contribution < -0.4 is 5.32 Å². The van der Waals surface area contributed by atoms with Crippen LogP contribution in [0.3, 0.4) is 0 Å². The predicted octanol–water partition coefficient (Wildman–Crippen LogP) is 1.90. The maximum absolute atomic E-state index is 11.6. The van der Waals surface area contributed by atoms with E-state index in [1.165, 1.54) is 0 Å². The molecule has 0 unspecified atom stereocenters. The molecule has 1 N–H and O–H groups in total. The van der Waals surface area contributed by atoms with Gasteiger partial charge >= 0.3 is 0 Å². The van der Waals surface area contributed by atoms with Crippen LogP contribution in [0, 0.1) is 5.92 Å². The van der Waals surface area contributed by atoms with Crippen molar-refractivity contribution < 1.29 is 13.5 Å². The normalized spacial score (nSPS) is 11.5. The third kappa shape index (κ3) is 11.8. The molecule has 0 aromatic rings. The van der Waals surface area contributed by atoms with E-state index in [9.17, 15) is 8.78 Å². The van der Waals surface area contributed by atoms with Crippen LogP contribution in [0.1, 0.15) is 20.3 Å². The number of hydrogen-bond acceptors (Lipinski definition) is 2. The molecule has 0 amide bonds. The van der Waals surface area contributed by atoms with Gasteiger partial charge in [-0.05, 0) is 18.9 Å². The first-order chi connectivity index (χ1) is 6.13. The Kier molecular flexibility index (Phi) is 8.24. The lowest BCUT2D eigenvalue weighted by Crippen LogP contribution is -2.22. The van der Waals surface area contributed by atoms with Crippen LogP contribution in [-0.2, 0) is 4.74 Å². The van der Waals surface area contributed by atoms with Gasteiger partial charge in [-0.3, -0.25) is 0 Å². The SMILES string of the molecule is CC(C)CCNCCOCC(F)F. The van der Waals surface area contributed by atoms with Gasteiger partial charge in [0.05, 0.1) is 6.61 Å². The zero-order valence-corrected chi connectivity index (χ0v) is 8.35. The molecule has 0 aliphatic rings. The molecule has 0 radical (unpaired) electrons. The van der Waals surface area contributed by atoms with Crippen LogP contribution in [0.5, 0.6) is 0 Å². The van der Waals surface area contributed by atoms with E-state index in [-0.39, 0.29) is 0 Å². The molecule has 0 bridgehead atoms. The fourth-order valence-corrected chi connectivity index (χ4v) is 0.832. The highest BCUT2D eigenvalue weighted by atomic mass is 19.3.